The summed E-state index contributed by atoms with van der Waals surface area (Å²) in [5, 5.41) is 4.59. The first-order valence-corrected chi connectivity index (χ1v) is 11.2. The highest BCUT2D eigenvalue weighted by Gasteiger charge is 2.25. The monoisotopic (exact) mass is 415 g/mol. The van der Waals surface area contributed by atoms with Crippen LogP contribution in [-0.2, 0) is 9.84 Å². The zero-order chi connectivity index (χ0) is 21.5. The Morgan fingerprint density at radius 2 is 1.76 bits per heavy atom. The van der Waals surface area contributed by atoms with E-state index in [2.05, 4.69) is 10.1 Å². The molecule has 2 heterocycles. The van der Waals surface area contributed by atoms with Gasteiger partial charge < -0.3 is 9.42 Å². The Balaban J connectivity index is 1.98. The average Bonchev–Trinajstić information content (AvgIpc) is 3.06. The molecule has 0 aliphatic heterocycles. The van der Waals surface area contributed by atoms with Gasteiger partial charge in [0.25, 0.3) is 11.6 Å². The molecule has 0 aliphatic rings. The van der Waals surface area contributed by atoms with E-state index < -0.39 is 9.84 Å². The molecule has 154 valence electrons. The normalized spacial score (nSPS) is 13.1. The number of hydrogen-bond donors (Lipinski definition) is 0. The molecule has 1 atom stereocenters. The Kier molecular flexibility index (Phi) is 5.49. The van der Waals surface area contributed by atoms with Gasteiger partial charge in [0.05, 0.1) is 27.6 Å². The second-order valence-electron chi connectivity index (χ2n) is 7.63. The summed E-state index contributed by atoms with van der Waals surface area (Å²) in [4.78, 5) is 19.7. The largest absolute Gasteiger partial charge is 0.336 e. The average molecular weight is 416 g/mol. The third-order valence-corrected chi connectivity index (χ3v) is 6.28. The summed E-state index contributed by atoms with van der Waals surface area (Å²) in [5.74, 6) is -0.0482. The summed E-state index contributed by atoms with van der Waals surface area (Å²) in [6, 6.07) is 8.13. The van der Waals surface area contributed by atoms with Crippen LogP contribution in [-0.4, -0.2) is 42.7 Å². The molecule has 29 heavy (non-hydrogen) atoms. The summed E-state index contributed by atoms with van der Waals surface area (Å²) in [6.07, 6.45) is 1.17. The highest BCUT2D eigenvalue weighted by atomic mass is 32.2. The molecule has 3 rings (SSSR count). The Morgan fingerprint density at radius 3 is 2.31 bits per heavy atom. The number of carbonyl (C=O) groups is 1. The molecule has 0 radical (unpaired) electrons. The van der Waals surface area contributed by atoms with E-state index in [0.29, 0.717) is 22.4 Å². The van der Waals surface area contributed by atoms with Crippen molar-refractivity contribution in [2.24, 2.45) is 0 Å². The highest BCUT2D eigenvalue weighted by Crippen LogP contribution is 2.28. The molecule has 0 saturated carbocycles. The number of fused-ring (bicyclic) bond motifs is 1. The second kappa shape index (κ2) is 7.59. The van der Waals surface area contributed by atoms with Gasteiger partial charge in [0, 0.05) is 19.0 Å². The van der Waals surface area contributed by atoms with Crippen molar-refractivity contribution in [3.63, 3.8) is 0 Å². The molecule has 0 N–H and O–H groups in total. The molecule has 0 fully saturated rings. The maximum absolute atomic E-state index is 13.4. The van der Waals surface area contributed by atoms with Gasteiger partial charge in [0.1, 0.15) is 0 Å². The quantitative estimate of drug-likeness (QED) is 0.627. The lowest BCUT2D eigenvalue weighted by Crippen LogP contribution is -2.30. The lowest BCUT2D eigenvalue weighted by molar-refractivity contribution is 0.0744. The van der Waals surface area contributed by atoms with Crippen molar-refractivity contribution in [3.05, 3.63) is 52.8 Å². The van der Waals surface area contributed by atoms with E-state index in [0.717, 1.165) is 11.3 Å². The maximum Gasteiger partial charge on any atom is 0.259 e. The van der Waals surface area contributed by atoms with Crippen LogP contribution in [0.25, 0.3) is 11.1 Å². The van der Waals surface area contributed by atoms with Gasteiger partial charge in [-0.15, -0.1) is 0 Å². The van der Waals surface area contributed by atoms with Gasteiger partial charge in [-0.05, 0) is 43.5 Å². The van der Waals surface area contributed by atoms with Gasteiger partial charge in [-0.2, -0.15) is 0 Å². The van der Waals surface area contributed by atoms with Crippen molar-refractivity contribution in [2.75, 3.05) is 13.3 Å². The lowest BCUT2D eigenvalue weighted by Gasteiger charge is -2.26. The van der Waals surface area contributed by atoms with Crippen LogP contribution in [0.15, 0.2) is 39.8 Å². The van der Waals surface area contributed by atoms with Crippen LogP contribution in [0.2, 0.25) is 0 Å². The van der Waals surface area contributed by atoms with Gasteiger partial charge in [0.15, 0.2) is 9.84 Å². The summed E-state index contributed by atoms with van der Waals surface area (Å²) < 4.78 is 28.7. The molecule has 1 aromatic carbocycles. The number of nitrogens with zero attached hydrogens (tertiary/aromatic N) is 3. The van der Waals surface area contributed by atoms with Gasteiger partial charge >= 0.3 is 0 Å². The fourth-order valence-corrected chi connectivity index (χ4v) is 3.79. The van der Waals surface area contributed by atoms with E-state index in [-0.39, 0.29) is 22.8 Å². The van der Waals surface area contributed by atoms with Crippen molar-refractivity contribution < 1.29 is 17.7 Å². The van der Waals surface area contributed by atoms with Crippen molar-refractivity contribution in [1.82, 2.24) is 15.0 Å². The van der Waals surface area contributed by atoms with Gasteiger partial charge in [-0.1, -0.05) is 31.1 Å². The van der Waals surface area contributed by atoms with Crippen molar-refractivity contribution in [1.29, 1.82) is 0 Å². The molecule has 0 unspecified atom stereocenters. The number of carbonyl (C=O) groups excluding carboxylic acids is 1. The van der Waals surface area contributed by atoms with Gasteiger partial charge in [0.2, 0.25) is 0 Å². The molecular weight excluding hydrogens is 390 g/mol. The first kappa shape index (κ1) is 21.0. The van der Waals surface area contributed by atoms with Crippen LogP contribution in [0.4, 0.5) is 0 Å². The molecule has 0 spiro atoms. The minimum Gasteiger partial charge on any atom is -0.336 e. The number of sulfone groups is 1. The molecule has 2 aromatic heterocycles. The fraction of sp³-hybridized carbons (Fsp3) is 0.381. The van der Waals surface area contributed by atoms with E-state index in [9.17, 15) is 13.2 Å². The number of benzene rings is 1. The van der Waals surface area contributed by atoms with Crippen LogP contribution < -0.4 is 0 Å². The number of rotatable bonds is 5. The summed E-state index contributed by atoms with van der Waals surface area (Å²) in [6.45, 7) is 7.69. The molecule has 7 nitrogen and oxygen atoms in total. The van der Waals surface area contributed by atoms with Gasteiger partial charge in [-0.3, -0.25) is 4.79 Å². The minimum absolute atomic E-state index is 0.127. The van der Waals surface area contributed by atoms with Crippen LogP contribution >= 0.6 is 0 Å². The SMILES string of the molecule is Cc1noc2nc(C(C)C)cc(C(=O)N(C)[C@H](C)c3ccc(S(C)(=O)=O)cc3)c12. The summed E-state index contributed by atoms with van der Waals surface area (Å²) in [7, 11) is -1.54. The van der Waals surface area contributed by atoms with Crippen LogP contribution in [0, 0.1) is 6.92 Å². The van der Waals surface area contributed by atoms with E-state index in [1.54, 1.807) is 49.2 Å². The predicted molar refractivity (Wildman–Crippen MR) is 111 cm³/mol. The van der Waals surface area contributed by atoms with E-state index in [1.165, 1.54) is 6.26 Å². The van der Waals surface area contributed by atoms with Crippen LogP contribution in [0.3, 0.4) is 0 Å². The second-order valence-corrected chi connectivity index (χ2v) is 9.65. The first-order valence-electron chi connectivity index (χ1n) is 9.34. The molecule has 0 saturated heterocycles. The molecular formula is C21H25N3O4S. The Morgan fingerprint density at radius 1 is 1.14 bits per heavy atom. The van der Waals surface area contributed by atoms with Crippen LogP contribution in [0.1, 0.15) is 60.0 Å². The molecule has 0 bridgehead atoms. The Labute approximate surface area is 170 Å². The Hall–Kier alpha value is -2.74. The number of aryl methyl sites for hydroxylation is 1. The number of amides is 1. The first-order chi connectivity index (χ1) is 13.5. The maximum atomic E-state index is 13.4. The molecule has 0 aliphatic carbocycles. The zero-order valence-electron chi connectivity index (χ0n) is 17.4. The minimum atomic E-state index is -3.27. The van der Waals surface area contributed by atoms with Crippen molar-refractivity contribution >= 4 is 26.8 Å². The smallest absolute Gasteiger partial charge is 0.259 e. The van der Waals surface area contributed by atoms with E-state index in [1.807, 2.05) is 20.8 Å². The standard InChI is InChI=1S/C21H25N3O4S/c1-12(2)18-11-17(19-13(3)23-28-20(19)22-18)21(25)24(5)14(4)15-7-9-16(10-8-15)29(6,26)27/h7-12,14H,1-6H3/t14-/m1/s1. The fourth-order valence-electron chi connectivity index (χ4n) is 3.16. The zero-order valence-corrected chi connectivity index (χ0v) is 18.2. The summed E-state index contributed by atoms with van der Waals surface area (Å²) in [5.41, 5.74) is 3.07. The topological polar surface area (TPSA) is 93.4 Å². The highest BCUT2D eigenvalue weighted by molar-refractivity contribution is 7.90. The van der Waals surface area contributed by atoms with Crippen LogP contribution in [0.5, 0.6) is 0 Å². The van der Waals surface area contributed by atoms with Crippen molar-refractivity contribution in [2.45, 2.75) is 44.6 Å². The third kappa shape index (κ3) is 4.03. The third-order valence-electron chi connectivity index (χ3n) is 5.15. The number of hydrogen-bond acceptors (Lipinski definition) is 6. The molecule has 1 amide bonds. The lowest BCUT2D eigenvalue weighted by atomic mass is 10.0. The number of pyridine rings is 1. The molecule has 3 aromatic rings. The van der Waals surface area contributed by atoms with Gasteiger partial charge in [-0.25, -0.2) is 13.4 Å². The molecule has 8 heteroatoms. The summed E-state index contributed by atoms with van der Waals surface area (Å²) >= 11 is 0. The van der Waals surface area contributed by atoms with E-state index >= 15 is 0 Å². The van der Waals surface area contributed by atoms with E-state index in [4.69, 9.17) is 4.52 Å². The predicted octanol–water partition coefficient (Wildman–Crippen LogP) is 3.89. The van der Waals surface area contributed by atoms with Crippen molar-refractivity contribution in [3.8, 4) is 0 Å². The number of aromatic nitrogens is 2. The Bertz CT molecular complexity index is 1160.